The number of aliphatic hydroxyl groups excluding tert-OH is 1. The molecule has 60 valence electrons. The van der Waals surface area contributed by atoms with Gasteiger partial charge < -0.3 is 10.8 Å². The molecule has 1 heterocycles. The Morgan fingerprint density at radius 1 is 1.60 bits per heavy atom. The average molecular weight is 161 g/mol. The Morgan fingerprint density at radius 2 is 2.40 bits per heavy atom. The Kier molecular flexibility index (Phi) is 3.52. The van der Waals surface area contributed by atoms with Crippen LogP contribution in [0.5, 0.6) is 0 Å². The molecular formula is C7H15NOS. The second-order valence-electron chi connectivity index (χ2n) is 2.71. The molecule has 1 rings (SSSR count). The van der Waals surface area contributed by atoms with Gasteiger partial charge in [0.2, 0.25) is 0 Å². The lowest BCUT2D eigenvalue weighted by molar-refractivity contribution is 0.174. The quantitative estimate of drug-likeness (QED) is 0.623. The van der Waals surface area contributed by atoms with E-state index in [0.29, 0.717) is 11.8 Å². The summed E-state index contributed by atoms with van der Waals surface area (Å²) in [5.41, 5.74) is 5.34. The number of hydrogen-bond acceptors (Lipinski definition) is 3. The summed E-state index contributed by atoms with van der Waals surface area (Å²) in [7, 11) is 0. The number of rotatable bonds is 2. The third kappa shape index (κ3) is 2.15. The van der Waals surface area contributed by atoms with Crippen LogP contribution >= 0.6 is 11.8 Å². The van der Waals surface area contributed by atoms with Crippen molar-refractivity contribution in [3.8, 4) is 0 Å². The Labute approximate surface area is 66.2 Å². The first-order valence-electron chi connectivity index (χ1n) is 3.84. The predicted molar refractivity (Wildman–Crippen MR) is 45.2 cm³/mol. The van der Waals surface area contributed by atoms with E-state index in [2.05, 4.69) is 0 Å². The number of hydrogen-bond donors (Lipinski definition) is 2. The first kappa shape index (κ1) is 8.37. The number of nitrogens with two attached hydrogens (primary N) is 1. The highest BCUT2D eigenvalue weighted by molar-refractivity contribution is 8.00. The van der Waals surface area contributed by atoms with E-state index in [1.807, 2.05) is 11.8 Å². The zero-order valence-corrected chi connectivity index (χ0v) is 6.94. The molecule has 10 heavy (non-hydrogen) atoms. The molecule has 2 atom stereocenters. The maximum atomic E-state index is 9.34. The fourth-order valence-corrected chi connectivity index (χ4v) is 2.56. The molecule has 1 saturated heterocycles. The molecule has 0 aromatic rings. The van der Waals surface area contributed by atoms with Crippen LogP contribution in [0.4, 0.5) is 0 Å². The van der Waals surface area contributed by atoms with Gasteiger partial charge in [-0.2, -0.15) is 11.8 Å². The van der Waals surface area contributed by atoms with Crippen molar-refractivity contribution < 1.29 is 5.11 Å². The van der Waals surface area contributed by atoms with Crippen LogP contribution in [0.3, 0.4) is 0 Å². The van der Waals surface area contributed by atoms with Crippen LogP contribution in [0, 0.1) is 0 Å². The Bertz CT molecular complexity index is 93.6. The second-order valence-corrected chi connectivity index (χ2v) is 4.06. The number of thioether (sulfide) groups is 1. The van der Waals surface area contributed by atoms with E-state index in [4.69, 9.17) is 5.73 Å². The van der Waals surface area contributed by atoms with E-state index < -0.39 is 0 Å². The molecule has 0 amide bonds. The Morgan fingerprint density at radius 3 is 2.90 bits per heavy atom. The minimum Gasteiger partial charge on any atom is -0.391 e. The summed E-state index contributed by atoms with van der Waals surface area (Å²) in [6.07, 6.45) is 3.43. The summed E-state index contributed by atoms with van der Waals surface area (Å²) in [5, 5.41) is 9.75. The third-order valence-electron chi connectivity index (χ3n) is 1.89. The van der Waals surface area contributed by atoms with Gasteiger partial charge in [-0.3, -0.25) is 0 Å². The molecular weight excluding hydrogens is 146 g/mol. The van der Waals surface area contributed by atoms with Crippen LogP contribution in [0.1, 0.15) is 19.3 Å². The van der Waals surface area contributed by atoms with Crippen LogP contribution in [-0.4, -0.2) is 28.8 Å². The minimum absolute atomic E-state index is 0.273. The van der Waals surface area contributed by atoms with Crippen LogP contribution in [0.15, 0.2) is 0 Å². The summed E-state index contributed by atoms with van der Waals surface area (Å²) < 4.78 is 0. The lowest BCUT2D eigenvalue weighted by Gasteiger charge is -2.24. The SMILES string of the molecule is NC[C@H](O)[C@@H]1CCCCS1. The predicted octanol–water partition coefficient (Wildman–Crippen LogP) is 0.592. The first-order chi connectivity index (χ1) is 4.84. The van der Waals surface area contributed by atoms with Gasteiger partial charge in [0.15, 0.2) is 0 Å². The van der Waals surface area contributed by atoms with Crippen LogP contribution in [0.2, 0.25) is 0 Å². The van der Waals surface area contributed by atoms with Crippen molar-refractivity contribution in [3.63, 3.8) is 0 Å². The molecule has 1 fully saturated rings. The minimum atomic E-state index is -0.273. The molecule has 3 N–H and O–H groups in total. The van der Waals surface area contributed by atoms with E-state index in [0.717, 1.165) is 6.42 Å². The molecule has 0 aliphatic carbocycles. The first-order valence-corrected chi connectivity index (χ1v) is 4.89. The Hall–Kier alpha value is 0.270. The zero-order valence-electron chi connectivity index (χ0n) is 6.12. The van der Waals surface area contributed by atoms with Gasteiger partial charge in [0.25, 0.3) is 0 Å². The fraction of sp³-hybridized carbons (Fsp3) is 1.00. The van der Waals surface area contributed by atoms with Crippen LogP contribution in [-0.2, 0) is 0 Å². The highest BCUT2D eigenvalue weighted by Crippen LogP contribution is 2.26. The topological polar surface area (TPSA) is 46.2 Å². The average Bonchev–Trinajstić information content (AvgIpc) is 2.05. The summed E-state index contributed by atoms with van der Waals surface area (Å²) in [6.45, 7) is 0.414. The van der Waals surface area contributed by atoms with Gasteiger partial charge in [0.05, 0.1) is 6.10 Å². The summed E-state index contributed by atoms with van der Waals surface area (Å²) in [6, 6.07) is 0. The summed E-state index contributed by atoms with van der Waals surface area (Å²) in [4.78, 5) is 0. The second kappa shape index (κ2) is 4.21. The van der Waals surface area contributed by atoms with Gasteiger partial charge in [0, 0.05) is 11.8 Å². The monoisotopic (exact) mass is 161 g/mol. The standard InChI is InChI=1S/C7H15NOS/c8-5-6(9)7-3-1-2-4-10-7/h6-7,9H,1-5,8H2/t6-,7-/m0/s1. The van der Waals surface area contributed by atoms with E-state index >= 15 is 0 Å². The maximum Gasteiger partial charge on any atom is 0.0780 e. The normalized spacial score (nSPS) is 30.0. The van der Waals surface area contributed by atoms with Crippen molar-refractivity contribution in [1.29, 1.82) is 0 Å². The van der Waals surface area contributed by atoms with Gasteiger partial charge in [-0.05, 0) is 18.6 Å². The van der Waals surface area contributed by atoms with Crippen LogP contribution in [0.25, 0.3) is 0 Å². The molecule has 0 bridgehead atoms. The van der Waals surface area contributed by atoms with Crippen LogP contribution < -0.4 is 5.73 Å². The van der Waals surface area contributed by atoms with Gasteiger partial charge in [-0.1, -0.05) is 6.42 Å². The zero-order chi connectivity index (χ0) is 7.40. The molecule has 0 unspecified atom stereocenters. The van der Waals surface area contributed by atoms with Crippen molar-refractivity contribution in [1.82, 2.24) is 0 Å². The fourth-order valence-electron chi connectivity index (χ4n) is 1.22. The number of aliphatic hydroxyl groups is 1. The molecule has 2 nitrogen and oxygen atoms in total. The Balaban J connectivity index is 2.24. The summed E-state index contributed by atoms with van der Waals surface area (Å²) >= 11 is 1.87. The highest BCUT2D eigenvalue weighted by atomic mass is 32.2. The van der Waals surface area contributed by atoms with Gasteiger partial charge >= 0.3 is 0 Å². The summed E-state index contributed by atoms with van der Waals surface area (Å²) in [5.74, 6) is 1.20. The van der Waals surface area contributed by atoms with Gasteiger partial charge in [-0.25, -0.2) is 0 Å². The molecule has 0 aromatic carbocycles. The van der Waals surface area contributed by atoms with Crippen molar-refractivity contribution >= 4 is 11.8 Å². The lowest BCUT2D eigenvalue weighted by atomic mass is 10.1. The van der Waals surface area contributed by atoms with Crippen molar-refractivity contribution in [2.45, 2.75) is 30.6 Å². The third-order valence-corrected chi connectivity index (χ3v) is 3.39. The highest BCUT2D eigenvalue weighted by Gasteiger charge is 2.20. The van der Waals surface area contributed by atoms with Crippen molar-refractivity contribution in [2.24, 2.45) is 5.73 Å². The molecule has 0 radical (unpaired) electrons. The molecule has 0 saturated carbocycles. The van der Waals surface area contributed by atoms with Crippen molar-refractivity contribution in [2.75, 3.05) is 12.3 Å². The van der Waals surface area contributed by atoms with Gasteiger partial charge in [0.1, 0.15) is 0 Å². The van der Waals surface area contributed by atoms with E-state index in [1.165, 1.54) is 18.6 Å². The molecule has 1 aliphatic heterocycles. The van der Waals surface area contributed by atoms with E-state index in [9.17, 15) is 5.11 Å². The van der Waals surface area contributed by atoms with Gasteiger partial charge in [-0.15, -0.1) is 0 Å². The maximum absolute atomic E-state index is 9.34. The molecule has 0 spiro atoms. The molecule has 0 aromatic heterocycles. The largest absolute Gasteiger partial charge is 0.391 e. The molecule has 1 aliphatic rings. The van der Waals surface area contributed by atoms with E-state index in [-0.39, 0.29) is 6.10 Å². The lowest BCUT2D eigenvalue weighted by Crippen LogP contribution is -2.32. The molecule has 3 heteroatoms. The van der Waals surface area contributed by atoms with Crippen molar-refractivity contribution in [3.05, 3.63) is 0 Å². The van der Waals surface area contributed by atoms with E-state index in [1.54, 1.807) is 0 Å². The smallest absolute Gasteiger partial charge is 0.0780 e.